The summed E-state index contributed by atoms with van der Waals surface area (Å²) in [6, 6.07) is 19.3. The molecule has 0 atom stereocenters. The highest BCUT2D eigenvalue weighted by molar-refractivity contribution is 7.92. The second-order valence-electron chi connectivity index (χ2n) is 9.02. The number of likely N-dealkylation sites (tertiary alicyclic amines) is 1. The fourth-order valence-corrected chi connectivity index (χ4v) is 5.50. The van der Waals surface area contributed by atoms with Crippen LogP contribution in [-0.2, 0) is 10.0 Å². The number of oxazole rings is 1. The number of hydrogen-bond acceptors (Lipinski definition) is 5. The van der Waals surface area contributed by atoms with Gasteiger partial charge in [0.1, 0.15) is 5.52 Å². The van der Waals surface area contributed by atoms with E-state index in [1.807, 2.05) is 43.0 Å². The number of nitrogens with one attached hydrogen (secondary N) is 1. The van der Waals surface area contributed by atoms with Gasteiger partial charge in [0.05, 0.1) is 4.90 Å². The molecule has 1 N–H and O–H groups in total. The van der Waals surface area contributed by atoms with Crippen LogP contribution in [0.3, 0.4) is 0 Å². The van der Waals surface area contributed by atoms with Crippen LogP contribution in [0.4, 0.5) is 5.69 Å². The summed E-state index contributed by atoms with van der Waals surface area (Å²) in [6.45, 7) is 5.05. The topological polar surface area (TPSA) is 92.5 Å². The van der Waals surface area contributed by atoms with E-state index < -0.39 is 10.0 Å². The van der Waals surface area contributed by atoms with Gasteiger partial charge in [-0.2, -0.15) is 0 Å². The summed E-state index contributed by atoms with van der Waals surface area (Å²) in [7, 11) is -3.71. The lowest BCUT2D eigenvalue weighted by molar-refractivity contribution is 0.0706. The van der Waals surface area contributed by atoms with Crippen molar-refractivity contribution in [2.24, 2.45) is 0 Å². The number of anilines is 1. The smallest absolute Gasteiger partial charge is 0.261 e. The number of nitrogens with zero attached hydrogens (tertiary/aromatic N) is 2. The summed E-state index contributed by atoms with van der Waals surface area (Å²) in [5, 5.41) is 0. The molecule has 1 saturated heterocycles. The van der Waals surface area contributed by atoms with Crippen LogP contribution in [0.15, 0.2) is 76.0 Å². The van der Waals surface area contributed by atoms with Crippen LogP contribution in [0.2, 0.25) is 0 Å². The highest BCUT2D eigenvalue weighted by atomic mass is 32.2. The molecule has 1 aromatic heterocycles. The Balaban J connectivity index is 1.21. The minimum absolute atomic E-state index is 0.0652. The average molecular weight is 490 g/mol. The number of aryl methyl sites for hydroxylation is 2. The van der Waals surface area contributed by atoms with E-state index in [2.05, 4.69) is 9.71 Å². The van der Waals surface area contributed by atoms with Crippen molar-refractivity contribution in [1.82, 2.24) is 9.88 Å². The summed E-state index contributed by atoms with van der Waals surface area (Å²) < 4.78 is 34.0. The number of carbonyl (C=O) groups is 1. The van der Waals surface area contributed by atoms with E-state index in [1.165, 1.54) is 0 Å². The van der Waals surface area contributed by atoms with E-state index in [4.69, 9.17) is 4.42 Å². The van der Waals surface area contributed by atoms with Crippen molar-refractivity contribution in [3.8, 4) is 0 Å². The monoisotopic (exact) mass is 489 g/mol. The number of amides is 1. The largest absolute Gasteiger partial charge is 0.440 e. The number of para-hydroxylation sites is 2. The SMILES string of the molecule is Cc1ccc(S(=O)(=O)Nc2ccc(C(=O)N3CCC(c4nc5ccccc5o4)CC3)cc2)cc1C. The Morgan fingerprint density at radius 3 is 2.37 bits per heavy atom. The maximum absolute atomic E-state index is 13.0. The molecule has 1 amide bonds. The number of benzene rings is 3. The van der Waals surface area contributed by atoms with Crippen LogP contribution in [0.25, 0.3) is 11.1 Å². The van der Waals surface area contributed by atoms with Gasteiger partial charge in [0.15, 0.2) is 11.5 Å². The van der Waals surface area contributed by atoms with E-state index in [0.717, 1.165) is 41.0 Å². The first kappa shape index (κ1) is 23.1. The third-order valence-electron chi connectivity index (χ3n) is 6.61. The number of aromatic nitrogens is 1. The molecule has 0 radical (unpaired) electrons. The first-order valence-electron chi connectivity index (χ1n) is 11.6. The van der Waals surface area contributed by atoms with Gasteiger partial charge in [0.25, 0.3) is 15.9 Å². The number of sulfonamides is 1. The molecule has 1 aliphatic rings. The predicted octanol–water partition coefficient (Wildman–Crippen LogP) is 5.27. The zero-order chi connectivity index (χ0) is 24.6. The quantitative estimate of drug-likeness (QED) is 0.413. The van der Waals surface area contributed by atoms with Gasteiger partial charge in [-0.3, -0.25) is 9.52 Å². The third kappa shape index (κ3) is 4.79. The van der Waals surface area contributed by atoms with E-state index in [0.29, 0.717) is 24.3 Å². The molecule has 180 valence electrons. The van der Waals surface area contributed by atoms with Gasteiger partial charge in [0, 0.05) is 30.3 Å². The van der Waals surface area contributed by atoms with Gasteiger partial charge in [-0.25, -0.2) is 13.4 Å². The van der Waals surface area contributed by atoms with Gasteiger partial charge < -0.3 is 9.32 Å². The standard InChI is InChI=1S/C27H27N3O4S/c1-18-7-12-23(17-19(18)2)35(32,33)29-22-10-8-21(9-11-22)27(31)30-15-13-20(14-16-30)26-28-24-5-3-4-6-25(24)34-26/h3-12,17,20,29H,13-16H2,1-2H3. The Bertz CT molecular complexity index is 1450. The molecule has 2 heterocycles. The van der Waals surface area contributed by atoms with E-state index in [9.17, 15) is 13.2 Å². The second-order valence-corrected chi connectivity index (χ2v) is 10.7. The molecule has 3 aromatic carbocycles. The lowest BCUT2D eigenvalue weighted by Gasteiger charge is -2.30. The predicted molar refractivity (Wildman–Crippen MR) is 135 cm³/mol. The Labute approximate surface area is 204 Å². The maximum atomic E-state index is 13.0. The van der Waals surface area contributed by atoms with Crippen molar-refractivity contribution >= 4 is 32.7 Å². The van der Waals surface area contributed by atoms with E-state index in [-0.39, 0.29) is 16.7 Å². The van der Waals surface area contributed by atoms with E-state index in [1.54, 1.807) is 42.5 Å². The maximum Gasteiger partial charge on any atom is 0.261 e. The van der Waals surface area contributed by atoms with Crippen LogP contribution in [-0.4, -0.2) is 37.3 Å². The fourth-order valence-electron chi connectivity index (χ4n) is 4.35. The van der Waals surface area contributed by atoms with Crippen molar-refractivity contribution in [3.63, 3.8) is 0 Å². The van der Waals surface area contributed by atoms with Crippen molar-refractivity contribution in [1.29, 1.82) is 0 Å². The number of hydrogen-bond donors (Lipinski definition) is 1. The molecule has 8 heteroatoms. The molecule has 1 aliphatic heterocycles. The van der Waals surface area contributed by atoms with Crippen LogP contribution in [0.1, 0.15) is 46.1 Å². The third-order valence-corrected chi connectivity index (χ3v) is 7.99. The molecular formula is C27H27N3O4S. The number of carbonyl (C=O) groups excluding carboxylic acids is 1. The van der Waals surface area contributed by atoms with E-state index >= 15 is 0 Å². The van der Waals surface area contributed by atoms with Crippen molar-refractivity contribution < 1.29 is 17.6 Å². The molecule has 7 nitrogen and oxygen atoms in total. The zero-order valence-corrected chi connectivity index (χ0v) is 20.5. The number of piperidine rings is 1. The van der Waals surface area contributed by atoms with Crippen LogP contribution in [0, 0.1) is 13.8 Å². The van der Waals surface area contributed by atoms with Crippen LogP contribution in [0.5, 0.6) is 0 Å². The zero-order valence-electron chi connectivity index (χ0n) is 19.7. The first-order valence-corrected chi connectivity index (χ1v) is 13.1. The number of fused-ring (bicyclic) bond motifs is 1. The Kier molecular flexibility index (Phi) is 6.06. The minimum atomic E-state index is -3.71. The molecule has 5 rings (SSSR count). The van der Waals surface area contributed by atoms with Gasteiger partial charge in [-0.15, -0.1) is 0 Å². The molecular weight excluding hydrogens is 462 g/mol. The molecule has 0 spiro atoms. The molecule has 0 saturated carbocycles. The summed E-state index contributed by atoms with van der Waals surface area (Å²) in [5.41, 5.74) is 4.52. The summed E-state index contributed by atoms with van der Waals surface area (Å²) in [4.78, 5) is 19.7. The van der Waals surface area contributed by atoms with Crippen LogP contribution >= 0.6 is 0 Å². The van der Waals surface area contributed by atoms with Gasteiger partial charge in [-0.05, 0) is 86.3 Å². The highest BCUT2D eigenvalue weighted by Crippen LogP contribution is 2.30. The first-order chi connectivity index (χ1) is 16.8. The van der Waals surface area contributed by atoms with Gasteiger partial charge in [-0.1, -0.05) is 18.2 Å². The average Bonchev–Trinajstić information content (AvgIpc) is 3.30. The molecule has 0 unspecified atom stereocenters. The number of rotatable bonds is 5. The fraction of sp³-hybridized carbons (Fsp3) is 0.259. The molecule has 1 fully saturated rings. The minimum Gasteiger partial charge on any atom is -0.440 e. The van der Waals surface area contributed by atoms with Crippen LogP contribution < -0.4 is 4.72 Å². The highest BCUT2D eigenvalue weighted by Gasteiger charge is 2.27. The van der Waals surface area contributed by atoms with Crippen molar-refractivity contribution in [3.05, 3.63) is 89.3 Å². The van der Waals surface area contributed by atoms with Crippen molar-refractivity contribution in [2.45, 2.75) is 37.5 Å². The summed E-state index contributed by atoms with van der Waals surface area (Å²) >= 11 is 0. The Morgan fingerprint density at radius 2 is 1.69 bits per heavy atom. The lowest BCUT2D eigenvalue weighted by atomic mass is 9.96. The molecule has 4 aromatic rings. The lowest BCUT2D eigenvalue weighted by Crippen LogP contribution is -2.38. The Morgan fingerprint density at radius 1 is 0.971 bits per heavy atom. The molecule has 35 heavy (non-hydrogen) atoms. The Hall–Kier alpha value is -3.65. The normalized spacial score (nSPS) is 14.9. The molecule has 0 bridgehead atoms. The summed E-state index contributed by atoms with van der Waals surface area (Å²) in [6.07, 6.45) is 1.57. The molecule has 0 aliphatic carbocycles. The second kappa shape index (κ2) is 9.19. The summed E-state index contributed by atoms with van der Waals surface area (Å²) in [5.74, 6) is 0.858. The van der Waals surface area contributed by atoms with Gasteiger partial charge in [0.2, 0.25) is 0 Å². The van der Waals surface area contributed by atoms with Crippen molar-refractivity contribution in [2.75, 3.05) is 17.8 Å². The van der Waals surface area contributed by atoms with Gasteiger partial charge >= 0.3 is 0 Å².